The maximum Gasteiger partial charge on any atom is 0.329 e. The van der Waals surface area contributed by atoms with Crippen LogP contribution in [0.3, 0.4) is 0 Å². The van der Waals surface area contributed by atoms with E-state index in [0.717, 1.165) is 5.56 Å². The van der Waals surface area contributed by atoms with Gasteiger partial charge in [-0.25, -0.2) is 4.79 Å². The lowest BCUT2D eigenvalue weighted by Crippen LogP contribution is -2.45. The number of hydrogen-bond acceptors (Lipinski definition) is 9. The van der Waals surface area contributed by atoms with Crippen LogP contribution in [0.5, 0.6) is 11.5 Å². The summed E-state index contributed by atoms with van der Waals surface area (Å²) in [5, 5.41) is 10.4. The highest BCUT2D eigenvalue weighted by Crippen LogP contribution is 2.23. The Bertz CT molecular complexity index is 1010. The van der Waals surface area contributed by atoms with Gasteiger partial charge in [-0.2, -0.15) is 16.3 Å². The molecule has 0 aliphatic carbocycles. The zero-order chi connectivity index (χ0) is 22.4. The van der Waals surface area contributed by atoms with E-state index >= 15 is 0 Å². The summed E-state index contributed by atoms with van der Waals surface area (Å²) in [4.78, 5) is 29.6. The summed E-state index contributed by atoms with van der Waals surface area (Å²) in [6.07, 6.45) is 0. The Morgan fingerprint density at radius 1 is 1.16 bits per heavy atom. The summed E-state index contributed by atoms with van der Waals surface area (Å²) in [5.74, 6) is 0.248. The van der Waals surface area contributed by atoms with Gasteiger partial charge in [-0.15, -0.1) is 0 Å². The van der Waals surface area contributed by atoms with Gasteiger partial charge >= 0.3 is 5.97 Å². The van der Waals surface area contributed by atoms with Crippen LogP contribution in [-0.2, 0) is 16.1 Å². The molecular weight excluding hydrogens is 422 g/mol. The molecule has 1 aromatic carbocycles. The van der Waals surface area contributed by atoms with Crippen molar-refractivity contribution >= 4 is 23.2 Å². The molecule has 0 bridgehead atoms. The van der Waals surface area contributed by atoms with Gasteiger partial charge in [0.2, 0.25) is 5.82 Å². The molecule has 1 atom stereocenters. The second kappa shape index (κ2) is 10.1. The number of nitrogens with one attached hydrogen (secondary N) is 1. The highest BCUT2D eigenvalue weighted by atomic mass is 32.1. The van der Waals surface area contributed by atoms with Crippen molar-refractivity contribution in [3.63, 3.8) is 0 Å². The standard InChI is InChI=1S/C21H23N3O6S/c1-12(2)18(23-20(25)14-7-15(27-3)9-16(8-14)28-4)21(26)29-10-17-22-19(24-30-17)13-5-6-31-11-13/h5-9,11-12,18H,10H2,1-4H3,(H,23,25)/t18-/m0/s1. The normalized spacial score (nSPS) is 11.8. The Morgan fingerprint density at radius 3 is 2.45 bits per heavy atom. The van der Waals surface area contributed by atoms with Crippen molar-refractivity contribution in [1.29, 1.82) is 0 Å². The molecule has 0 saturated carbocycles. The van der Waals surface area contributed by atoms with E-state index in [1.807, 2.05) is 16.8 Å². The van der Waals surface area contributed by atoms with Crippen molar-refractivity contribution in [1.82, 2.24) is 15.5 Å². The smallest absolute Gasteiger partial charge is 0.329 e. The van der Waals surface area contributed by atoms with Crippen molar-refractivity contribution in [2.45, 2.75) is 26.5 Å². The summed E-state index contributed by atoms with van der Waals surface area (Å²) in [6, 6.07) is 5.77. The lowest BCUT2D eigenvalue weighted by atomic mass is 10.0. The zero-order valence-corrected chi connectivity index (χ0v) is 18.4. The quantitative estimate of drug-likeness (QED) is 0.499. The molecule has 2 heterocycles. The number of esters is 1. The Morgan fingerprint density at radius 2 is 1.87 bits per heavy atom. The molecular formula is C21H23N3O6S. The van der Waals surface area contributed by atoms with E-state index in [4.69, 9.17) is 18.7 Å². The first-order chi connectivity index (χ1) is 14.9. The van der Waals surface area contributed by atoms with Crippen LogP contribution in [0.4, 0.5) is 0 Å². The molecule has 0 unspecified atom stereocenters. The molecule has 164 valence electrons. The van der Waals surface area contributed by atoms with Crippen LogP contribution in [-0.4, -0.2) is 42.3 Å². The topological polar surface area (TPSA) is 113 Å². The van der Waals surface area contributed by atoms with E-state index in [0.29, 0.717) is 22.9 Å². The van der Waals surface area contributed by atoms with Crippen LogP contribution in [0.25, 0.3) is 11.4 Å². The van der Waals surface area contributed by atoms with Gasteiger partial charge in [0.05, 0.1) is 14.2 Å². The minimum Gasteiger partial charge on any atom is -0.497 e. The number of thiophene rings is 1. The molecule has 31 heavy (non-hydrogen) atoms. The van der Waals surface area contributed by atoms with Crippen molar-refractivity contribution in [2.75, 3.05) is 14.2 Å². The molecule has 3 rings (SSSR count). The molecule has 9 nitrogen and oxygen atoms in total. The lowest BCUT2D eigenvalue weighted by Gasteiger charge is -2.20. The molecule has 1 N–H and O–H groups in total. The molecule has 0 aliphatic rings. The number of carbonyl (C=O) groups is 2. The van der Waals surface area contributed by atoms with Crippen molar-refractivity contribution in [3.8, 4) is 22.9 Å². The summed E-state index contributed by atoms with van der Waals surface area (Å²) in [5.41, 5.74) is 1.12. The summed E-state index contributed by atoms with van der Waals surface area (Å²) < 4.78 is 20.8. The molecule has 0 fully saturated rings. The summed E-state index contributed by atoms with van der Waals surface area (Å²) >= 11 is 1.51. The van der Waals surface area contributed by atoms with E-state index in [-0.39, 0.29) is 18.4 Å². The fourth-order valence-electron chi connectivity index (χ4n) is 2.71. The number of aromatic nitrogens is 2. The molecule has 2 aromatic heterocycles. The number of amides is 1. The van der Waals surface area contributed by atoms with E-state index in [9.17, 15) is 9.59 Å². The van der Waals surface area contributed by atoms with Crippen molar-refractivity contribution in [3.05, 3.63) is 46.5 Å². The summed E-state index contributed by atoms with van der Waals surface area (Å²) in [7, 11) is 2.98. The van der Waals surface area contributed by atoms with Crippen LogP contribution in [0.1, 0.15) is 30.1 Å². The first kappa shape index (κ1) is 22.3. The highest BCUT2D eigenvalue weighted by molar-refractivity contribution is 7.08. The van der Waals surface area contributed by atoms with Gasteiger partial charge in [0.25, 0.3) is 11.8 Å². The van der Waals surface area contributed by atoms with Gasteiger partial charge in [-0.3, -0.25) is 4.79 Å². The average Bonchev–Trinajstić information content (AvgIpc) is 3.46. The fourth-order valence-corrected chi connectivity index (χ4v) is 3.34. The number of benzene rings is 1. The highest BCUT2D eigenvalue weighted by Gasteiger charge is 2.27. The van der Waals surface area contributed by atoms with Gasteiger partial charge in [-0.1, -0.05) is 19.0 Å². The molecule has 3 aromatic rings. The minimum absolute atomic E-state index is 0.168. The van der Waals surface area contributed by atoms with Crippen LogP contribution in [0.15, 0.2) is 39.5 Å². The van der Waals surface area contributed by atoms with E-state index in [1.165, 1.54) is 25.6 Å². The molecule has 0 radical (unpaired) electrons. The molecule has 0 saturated heterocycles. The third-order valence-electron chi connectivity index (χ3n) is 4.41. The van der Waals surface area contributed by atoms with Crippen LogP contribution in [0, 0.1) is 5.92 Å². The predicted molar refractivity (Wildman–Crippen MR) is 113 cm³/mol. The van der Waals surface area contributed by atoms with Gasteiger partial charge in [0.15, 0.2) is 6.61 Å². The third kappa shape index (κ3) is 5.60. The van der Waals surface area contributed by atoms with E-state index < -0.39 is 17.9 Å². The summed E-state index contributed by atoms with van der Waals surface area (Å²) in [6.45, 7) is 3.42. The largest absolute Gasteiger partial charge is 0.497 e. The molecule has 0 spiro atoms. The Kier molecular flexibility index (Phi) is 7.24. The van der Waals surface area contributed by atoms with Crippen LogP contribution >= 0.6 is 11.3 Å². The maximum absolute atomic E-state index is 12.7. The second-order valence-corrected chi connectivity index (χ2v) is 7.71. The number of hydrogen-bond donors (Lipinski definition) is 1. The van der Waals surface area contributed by atoms with Gasteiger partial charge in [0.1, 0.15) is 17.5 Å². The first-order valence-corrected chi connectivity index (χ1v) is 10.4. The Labute approximate surface area is 183 Å². The molecule has 0 aliphatic heterocycles. The Balaban J connectivity index is 1.65. The van der Waals surface area contributed by atoms with Crippen molar-refractivity contribution in [2.24, 2.45) is 5.92 Å². The van der Waals surface area contributed by atoms with Gasteiger partial charge in [-0.05, 0) is 29.5 Å². The van der Waals surface area contributed by atoms with Crippen molar-refractivity contribution < 1.29 is 28.3 Å². The molecule has 10 heteroatoms. The predicted octanol–water partition coefficient (Wildman–Crippen LogP) is 3.31. The average molecular weight is 445 g/mol. The number of rotatable bonds is 9. The van der Waals surface area contributed by atoms with E-state index in [1.54, 1.807) is 32.0 Å². The number of methoxy groups -OCH3 is 2. The number of ether oxygens (including phenoxy) is 3. The number of nitrogens with zero attached hydrogens (tertiary/aromatic N) is 2. The zero-order valence-electron chi connectivity index (χ0n) is 17.6. The maximum atomic E-state index is 12.7. The van der Waals surface area contributed by atoms with Gasteiger partial charge < -0.3 is 24.1 Å². The Hall–Kier alpha value is -3.40. The third-order valence-corrected chi connectivity index (χ3v) is 5.09. The van der Waals surface area contributed by atoms with E-state index in [2.05, 4.69) is 15.5 Å². The van der Waals surface area contributed by atoms with Crippen LogP contribution in [0.2, 0.25) is 0 Å². The first-order valence-electron chi connectivity index (χ1n) is 9.47. The monoisotopic (exact) mass is 445 g/mol. The second-order valence-electron chi connectivity index (χ2n) is 6.93. The SMILES string of the molecule is COc1cc(OC)cc(C(=O)N[C@H](C(=O)OCc2nc(-c3ccsc3)no2)C(C)C)c1. The number of carbonyl (C=O) groups excluding carboxylic acids is 2. The molecule has 1 amide bonds. The fraction of sp³-hybridized carbons (Fsp3) is 0.333. The minimum atomic E-state index is -0.871. The lowest BCUT2D eigenvalue weighted by molar-refractivity contribution is -0.149. The van der Waals surface area contributed by atoms with Gasteiger partial charge in [0, 0.05) is 22.6 Å². The van der Waals surface area contributed by atoms with Crippen LogP contribution < -0.4 is 14.8 Å².